The Morgan fingerprint density at radius 2 is 1.78 bits per heavy atom. The fraction of sp³-hybridized carbons (Fsp3) is 0.462. The Bertz CT molecular complexity index is 1330. The molecule has 2 saturated carbocycles. The number of aliphatic hydroxyl groups excluding tert-OH is 2. The number of fused-ring (bicyclic) bond motifs is 3. The highest BCUT2D eigenvalue weighted by molar-refractivity contribution is 6.24. The molecule has 6 atom stereocenters. The number of ether oxygens (including phenoxy) is 1. The molecule has 0 bridgehead atoms. The Morgan fingerprint density at radius 1 is 1.14 bits per heavy atom. The lowest BCUT2D eigenvalue weighted by Gasteiger charge is -2.54. The smallest absolute Gasteiger partial charge is 0.309 e. The number of ketones is 2. The minimum atomic E-state index is -2.93. The van der Waals surface area contributed by atoms with E-state index in [0.29, 0.717) is 18.4 Å². The van der Waals surface area contributed by atoms with Crippen LogP contribution in [0.5, 0.6) is 5.75 Å². The van der Waals surface area contributed by atoms with E-state index in [2.05, 4.69) is 0 Å². The zero-order chi connectivity index (χ0) is 27.1. The molecule has 5 rings (SSSR count). The van der Waals surface area contributed by atoms with Gasteiger partial charge in [0.1, 0.15) is 28.9 Å². The molecule has 4 aliphatic rings. The summed E-state index contributed by atoms with van der Waals surface area (Å²) < 4.78 is 5.92. The van der Waals surface area contributed by atoms with Gasteiger partial charge in [-0.2, -0.15) is 0 Å². The Morgan fingerprint density at radius 3 is 2.35 bits per heavy atom. The number of rotatable bonds is 4. The second-order valence-electron chi connectivity index (χ2n) is 10.5. The third kappa shape index (κ3) is 3.27. The molecule has 0 radical (unpaired) electrons. The summed E-state index contributed by atoms with van der Waals surface area (Å²) in [6.45, 7) is 1.71. The third-order valence-corrected chi connectivity index (χ3v) is 8.13. The van der Waals surface area contributed by atoms with Crippen molar-refractivity contribution < 1.29 is 44.3 Å². The number of carbonyl (C=O) groups excluding carboxylic acids is 4. The zero-order valence-corrected chi connectivity index (χ0v) is 20.5. The fourth-order valence-electron chi connectivity index (χ4n) is 6.24. The average molecular weight is 513 g/mol. The predicted molar refractivity (Wildman–Crippen MR) is 127 cm³/mol. The van der Waals surface area contributed by atoms with Crippen molar-refractivity contribution in [3.05, 3.63) is 46.2 Å². The number of phenolic OH excluding ortho intramolecular Hbond substituents is 1. The number of hydrogen-bond donors (Lipinski definition) is 5. The summed E-state index contributed by atoms with van der Waals surface area (Å²) in [5.41, 5.74) is 1.56. The van der Waals surface area contributed by atoms with Crippen LogP contribution >= 0.6 is 0 Å². The summed E-state index contributed by atoms with van der Waals surface area (Å²) in [4.78, 5) is 54.0. The van der Waals surface area contributed by atoms with Crippen LogP contribution in [-0.2, 0) is 23.9 Å². The highest BCUT2D eigenvalue weighted by atomic mass is 16.5. The maximum Gasteiger partial charge on any atom is 0.309 e. The number of benzene rings is 1. The van der Waals surface area contributed by atoms with Gasteiger partial charge in [0, 0.05) is 11.5 Å². The van der Waals surface area contributed by atoms with Gasteiger partial charge in [0.05, 0.1) is 23.4 Å². The molecular formula is C26H28N2O9. The van der Waals surface area contributed by atoms with Gasteiger partial charge in [-0.15, -0.1) is 0 Å². The fourth-order valence-corrected chi connectivity index (χ4v) is 6.24. The lowest BCUT2D eigenvalue weighted by atomic mass is 9.54. The summed E-state index contributed by atoms with van der Waals surface area (Å²) in [6, 6.07) is 3.15. The van der Waals surface area contributed by atoms with Gasteiger partial charge in [-0.05, 0) is 44.5 Å². The van der Waals surface area contributed by atoms with Crippen molar-refractivity contribution in [2.45, 2.75) is 43.4 Å². The highest BCUT2D eigenvalue weighted by Crippen LogP contribution is 2.57. The summed E-state index contributed by atoms with van der Waals surface area (Å²) >= 11 is 0. The first-order chi connectivity index (χ1) is 17.3. The van der Waals surface area contributed by atoms with E-state index in [1.807, 2.05) is 0 Å². The summed E-state index contributed by atoms with van der Waals surface area (Å²) in [5, 5.41) is 44.8. The summed E-state index contributed by atoms with van der Waals surface area (Å²) in [7, 11) is 2.96. The maximum atomic E-state index is 14.1. The number of Topliss-reactive ketones (excluding diaryl/α,β-unsaturated/α-hetero) is 2. The van der Waals surface area contributed by atoms with Gasteiger partial charge < -0.3 is 30.9 Å². The van der Waals surface area contributed by atoms with E-state index in [0.717, 1.165) is 0 Å². The molecule has 1 aromatic rings. The monoisotopic (exact) mass is 512 g/mol. The number of nitrogens with two attached hydrogens (primary N) is 1. The maximum absolute atomic E-state index is 14.1. The largest absolute Gasteiger partial charge is 0.508 e. The van der Waals surface area contributed by atoms with Crippen LogP contribution in [0.3, 0.4) is 0 Å². The van der Waals surface area contributed by atoms with Crippen LogP contribution in [0.15, 0.2) is 35.1 Å². The SMILES string of the molecule is C[C@@H]1c2cccc(O)c2C(O)=C2C(=O)[C@@]3(O)C(O)=C(C(N)=O)C(=O)[C@H](N(C)C)[C@H]3[C@H](OC(=O)C3CC3)[C@H]21. The van der Waals surface area contributed by atoms with Crippen molar-refractivity contribution in [2.75, 3.05) is 14.1 Å². The number of amides is 1. The van der Waals surface area contributed by atoms with Crippen molar-refractivity contribution in [3.8, 4) is 5.75 Å². The molecule has 0 heterocycles. The molecule has 0 aliphatic heterocycles. The normalized spacial score (nSPS) is 33.2. The molecule has 6 N–H and O–H groups in total. The van der Waals surface area contributed by atoms with E-state index in [9.17, 15) is 39.6 Å². The molecule has 1 aromatic carbocycles. The molecule has 2 fully saturated rings. The number of carbonyl (C=O) groups is 4. The minimum absolute atomic E-state index is 0.0291. The molecule has 1 amide bonds. The van der Waals surface area contributed by atoms with Crippen LogP contribution in [0.4, 0.5) is 0 Å². The van der Waals surface area contributed by atoms with E-state index in [1.165, 1.54) is 25.1 Å². The van der Waals surface area contributed by atoms with Crippen molar-refractivity contribution in [2.24, 2.45) is 23.5 Å². The van der Waals surface area contributed by atoms with E-state index in [-0.39, 0.29) is 22.8 Å². The van der Waals surface area contributed by atoms with Crippen molar-refractivity contribution in [3.63, 3.8) is 0 Å². The second kappa shape index (κ2) is 8.15. The van der Waals surface area contributed by atoms with Gasteiger partial charge in [0.15, 0.2) is 11.4 Å². The molecule has 11 heteroatoms. The Balaban J connectivity index is 1.83. The van der Waals surface area contributed by atoms with Gasteiger partial charge in [-0.1, -0.05) is 19.1 Å². The Hall–Kier alpha value is -3.70. The highest BCUT2D eigenvalue weighted by Gasteiger charge is 2.69. The van der Waals surface area contributed by atoms with Gasteiger partial charge >= 0.3 is 5.97 Å². The van der Waals surface area contributed by atoms with E-state index >= 15 is 0 Å². The number of primary amides is 1. The molecule has 0 spiro atoms. The van der Waals surface area contributed by atoms with E-state index in [4.69, 9.17) is 10.5 Å². The predicted octanol–water partition coefficient (Wildman–Crippen LogP) is 0.457. The second-order valence-corrected chi connectivity index (χ2v) is 10.5. The molecule has 11 nitrogen and oxygen atoms in total. The lowest BCUT2D eigenvalue weighted by Crippen LogP contribution is -2.71. The zero-order valence-electron chi connectivity index (χ0n) is 20.5. The first kappa shape index (κ1) is 25.0. The number of likely N-dealkylation sites (N-methyl/N-ethyl adjacent to an activating group) is 1. The number of esters is 1. The number of phenols is 1. The van der Waals surface area contributed by atoms with Gasteiger partial charge in [0.2, 0.25) is 5.78 Å². The Kier molecular flexibility index (Phi) is 5.50. The average Bonchev–Trinajstić information content (AvgIpc) is 3.66. The van der Waals surface area contributed by atoms with Gasteiger partial charge in [-0.25, -0.2) is 0 Å². The summed E-state index contributed by atoms with van der Waals surface area (Å²) in [5.74, 6) is -9.83. The van der Waals surface area contributed by atoms with Crippen LogP contribution in [-0.4, -0.2) is 80.6 Å². The molecular weight excluding hydrogens is 484 g/mol. The molecule has 0 unspecified atom stereocenters. The van der Waals surface area contributed by atoms with Gasteiger partial charge in [-0.3, -0.25) is 24.1 Å². The first-order valence-corrected chi connectivity index (χ1v) is 12.0. The van der Waals surface area contributed by atoms with Crippen LogP contribution in [0, 0.1) is 17.8 Å². The number of aromatic hydroxyl groups is 1. The standard InChI is InChI=1S/C26H28N2O9/c1-9-11-5-4-6-12(29)14(11)19(30)15-13(9)21(37-25(35)10-7-8-10)17-18(28(2)3)20(31)16(24(27)34)23(33)26(17,36)22(15)32/h4-6,9-10,13,17-18,21,29-30,33,36H,7-8H2,1-3H3,(H2,27,34)/t9-,13+,17+,18-,21-,26-/m1/s1. The van der Waals surface area contributed by atoms with Crippen LogP contribution < -0.4 is 5.73 Å². The lowest BCUT2D eigenvalue weighted by molar-refractivity contribution is -0.186. The van der Waals surface area contributed by atoms with Crippen LogP contribution in [0.2, 0.25) is 0 Å². The molecule has 0 saturated heterocycles. The van der Waals surface area contributed by atoms with E-state index < -0.39 is 76.0 Å². The Labute approximate surface area is 211 Å². The van der Waals surface area contributed by atoms with Crippen LogP contribution in [0.25, 0.3) is 5.76 Å². The third-order valence-electron chi connectivity index (χ3n) is 8.13. The van der Waals surface area contributed by atoms with Gasteiger partial charge in [0.25, 0.3) is 5.91 Å². The summed E-state index contributed by atoms with van der Waals surface area (Å²) in [6.07, 6.45) is -0.180. The number of aliphatic hydroxyl groups is 3. The quantitative estimate of drug-likeness (QED) is 0.280. The number of hydrogen-bond acceptors (Lipinski definition) is 10. The van der Waals surface area contributed by atoms with Crippen LogP contribution in [0.1, 0.15) is 36.8 Å². The van der Waals surface area contributed by atoms with E-state index in [1.54, 1.807) is 19.1 Å². The first-order valence-electron chi connectivity index (χ1n) is 12.0. The molecule has 4 aliphatic carbocycles. The topological polar surface area (TPSA) is 188 Å². The minimum Gasteiger partial charge on any atom is -0.508 e. The molecule has 37 heavy (non-hydrogen) atoms. The van der Waals surface area contributed by atoms with Crippen molar-refractivity contribution >= 4 is 29.2 Å². The van der Waals surface area contributed by atoms with Crippen molar-refractivity contribution in [1.82, 2.24) is 4.90 Å². The molecule has 0 aromatic heterocycles. The van der Waals surface area contributed by atoms with Crippen molar-refractivity contribution in [1.29, 1.82) is 0 Å². The number of nitrogens with zero attached hydrogens (tertiary/aromatic N) is 1. The molecule has 196 valence electrons.